The van der Waals surface area contributed by atoms with Gasteiger partial charge in [-0.25, -0.2) is 4.21 Å². The molecule has 0 aromatic heterocycles. The fraction of sp³-hybridized carbons (Fsp3) is 0. The van der Waals surface area contributed by atoms with E-state index in [-0.39, 0.29) is 16.5 Å². The summed E-state index contributed by atoms with van der Waals surface area (Å²) in [5, 5.41) is 14.9. The molecule has 0 bridgehead atoms. The number of nitrogens with zero attached hydrogens (tertiary/aromatic N) is 1. The van der Waals surface area contributed by atoms with Crippen molar-refractivity contribution in [2.24, 2.45) is 0 Å². The van der Waals surface area contributed by atoms with Gasteiger partial charge in [0.05, 0.1) is 15.5 Å². The van der Waals surface area contributed by atoms with Crippen LogP contribution in [0, 0.1) is 10.1 Å². The Balaban J connectivity index is 1.60. The van der Waals surface area contributed by atoms with Gasteiger partial charge in [0, 0.05) is 23.1 Å². The van der Waals surface area contributed by atoms with Gasteiger partial charge in [0.15, 0.2) is 11.1 Å². The third-order valence-electron chi connectivity index (χ3n) is 4.86. The van der Waals surface area contributed by atoms with Crippen LogP contribution in [0.1, 0.15) is 10.4 Å². The number of non-ortho nitro benzene ring substituents is 1. The number of hydrogen-bond donors (Lipinski definition) is 2. The molecule has 0 saturated heterocycles. The number of nitro groups is 1. The molecule has 0 fully saturated rings. The van der Waals surface area contributed by atoms with E-state index in [2.05, 4.69) is 5.32 Å². The number of benzene rings is 4. The smallest absolute Gasteiger partial charge is 0.269 e. The SMILES string of the molecule is O=C(Nc1cccc2cccc(S(=O)O)c12)c1ccc(-c2ccc([N+](=O)[O-])cc2)cc1. The third kappa shape index (κ3) is 4.20. The summed E-state index contributed by atoms with van der Waals surface area (Å²) in [5.74, 6) is -0.360. The summed E-state index contributed by atoms with van der Waals surface area (Å²) in [6, 6.07) is 23.3. The van der Waals surface area contributed by atoms with Gasteiger partial charge in [0.1, 0.15) is 0 Å². The predicted molar refractivity (Wildman–Crippen MR) is 119 cm³/mol. The van der Waals surface area contributed by atoms with E-state index >= 15 is 0 Å². The van der Waals surface area contributed by atoms with Gasteiger partial charge < -0.3 is 9.87 Å². The van der Waals surface area contributed by atoms with Gasteiger partial charge in [-0.05, 0) is 52.9 Å². The summed E-state index contributed by atoms with van der Waals surface area (Å²) in [7, 11) is 0. The van der Waals surface area contributed by atoms with Gasteiger partial charge >= 0.3 is 0 Å². The minimum Gasteiger partial charge on any atom is -0.321 e. The van der Waals surface area contributed by atoms with Gasteiger partial charge in [-0.2, -0.15) is 0 Å². The largest absolute Gasteiger partial charge is 0.321 e. The number of hydrogen-bond acceptors (Lipinski definition) is 4. The number of nitrogens with one attached hydrogen (secondary N) is 1. The molecule has 7 nitrogen and oxygen atoms in total. The molecule has 31 heavy (non-hydrogen) atoms. The van der Waals surface area contributed by atoms with Crippen molar-refractivity contribution in [1.29, 1.82) is 0 Å². The third-order valence-corrected chi connectivity index (χ3v) is 5.58. The summed E-state index contributed by atoms with van der Waals surface area (Å²) < 4.78 is 21.3. The quantitative estimate of drug-likeness (QED) is 0.254. The molecular weight excluding hydrogens is 416 g/mol. The maximum atomic E-state index is 12.8. The van der Waals surface area contributed by atoms with Gasteiger partial charge in [0.25, 0.3) is 11.6 Å². The van der Waals surface area contributed by atoms with Crippen molar-refractivity contribution in [2.75, 3.05) is 5.32 Å². The van der Waals surface area contributed by atoms with Crippen LogP contribution in [0.5, 0.6) is 0 Å². The average molecular weight is 432 g/mol. The lowest BCUT2D eigenvalue weighted by Gasteiger charge is -2.11. The van der Waals surface area contributed by atoms with Crippen LogP contribution in [-0.2, 0) is 11.1 Å². The van der Waals surface area contributed by atoms with Crippen molar-refractivity contribution in [1.82, 2.24) is 0 Å². The zero-order valence-corrected chi connectivity index (χ0v) is 16.8. The highest BCUT2D eigenvalue weighted by atomic mass is 32.2. The standard InChI is InChI=1S/C23H16N2O5S/c26-23(24-20-5-1-3-17-4-2-6-21(22(17)20)31(29)30)18-9-7-15(8-10-18)16-11-13-19(14-12-16)25(27)28/h1-14H,(H,24,26)(H,29,30). The average Bonchev–Trinajstić information content (AvgIpc) is 2.79. The molecule has 0 heterocycles. The second-order valence-corrected chi connectivity index (χ2v) is 7.68. The Morgan fingerprint density at radius 2 is 1.45 bits per heavy atom. The van der Waals surface area contributed by atoms with Crippen LogP contribution in [0.15, 0.2) is 89.8 Å². The fourth-order valence-electron chi connectivity index (χ4n) is 3.34. The zero-order chi connectivity index (χ0) is 22.0. The van der Waals surface area contributed by atoms with E-state index in [0.717, 1.165) is 16.5 Å². The number of carbonyl (C=O) groups is 1. The summed E-state index contributed by atoms with van der Waals surface area (Å²) >= 11 is -2.20. The molecule has 154 valence electrons. The number of nitro benzene ring substituents is 1. The highest BCUT2D eigenvalue weighted by Crippen LogP contribution is 2.29. The molecule has 1 amide bonds. The maximum absolute atomic E-state index is 12.8. The molecule has 4 rings (SSSR count). The lowest BCUT2D eigenvalue weighted by atomic mass is 10.0. The van der Waals surface area contributed by atoms with E-state index in [0.29, 0.717) is 16.6 Å². The first kappa shape index (κ1) is 20.4. The lowest BCUT2D eigenvalue weighted by molar-refractivity contribution is -0.384. The molecule has 0 aliphatic carbocycles. The monoisotopic (exact) mass is 432 g/mol. The summed E-state index contributed by atoms with van der Waals surface area (Å²) in [6.45, 7) is 0. The van der Waals surface area contributed by atoms with Gasteiger partial charge in [-0.3, -0.25) is 14.9 Å². The van der Waals surface area contributed by atoms with E-state index in [1.165, 1.54) is 12.1 Å². The van der Waals surface area contributed by atoms with E-state index in [4.69, 9.17) is 0 Å². The van der Waals surface area contributed by atoms with E-state index in [1.54, 1.807) is 72.8 Å². The van der Waals surface area contributed by atoms with Crippen LogP contribution >= 0.6 is 0 Å². The molecule has 2 N–H and O–H groups in total. The highest BCUT2D eigenvalue weighted by molar-refractivity contribution is 7.79. The van der Waals surface area contributed by atoms with Crippen molar-refractivity contribution in [2.45, 2.75) is 4.90 Å². The maximum Gasteiger partial charge on any atom is 0.269 e. The topological polar surface area (TPSA) is 110 Å². The van der Waals surface area contributed by atoms with E-state index in [1.807, 2.05) is 0 Å². The van der Waals surface area contributed by atoms with Crippen LogP contribution in [0.3, 0.4) is 0 Å². The number of fused-ring (bicyclic) bond motifs is 1. The van der Waals surface area contributed by atoms with Crippen molar-refractivity contribution in [3.05, 3.63) is 101 Å². The number of amides is 1. The van der Waals surface area contributed by atoms with Gasteiger partial charge in [0.2, 0.25) is 0 Å². The first-order valence-corrected chi connectivity index (χ1v) is 10.3. The Hall–Kier alpha value is -3.88. The second kappa shape index (κ2) is 8.47. The Labute approximate surface area is 179 Å². The van der Waals surface area contributed by atoms with Crippen LogP contribution in [0.4, 0.5) is 11.4 Å². The molecule has 0 aliphatic heterocycles. The fourth-order valence-corrected chi connectivity index (χ4v) is 3.94. The normalized spacial score (nSPS) is 11.8. The minimum atomic E-state index is -2.20. The zero-order valence-electron chi connectivity index (χ0n) is 16.0. The molecule has 0 spiro atoms. The number of anilines is 1. The first-order chi connectivity index (χ1) is 14.9. The van der Waals surface area contributed by atoms with Crippen molar-refractivity contribution in [3.8, 4) is 11.1 Å². The number of carbonyl (C=O) groups excluding carboxylic acids is 1. The molecule has 0 saturated carbocycles. The molecule has 4 aromatic carbocycles. The van der Waals surface area contributed by atoms with E-state index < -0.39 is 16.0 Å². The van der Waals surface area contributed by atoms with Crippen molar-refractivity contribution in [3.63, 3.8) is 0 Å². The summed E-state index contributed by atoms with van der Waals surface area (Å²) in [4.78, 5) is 23.3. The molecule has 4 aromatic rings. The molecule has 1 unspecified atom stereocenters. The van der Waals surface area contributed by atoms with Crippen LogP contribution in [-0.4, -0.2) is 19.6 Å². The van der Waals surface area contributed by atoms with Gasteiger partial charge in [-0.15, -0.1) is 0 Å². The Kier molecular flexibility index (Phi) is 5.57. The first-order valence-electron chi connectivity index (χ1n) is 9.23. The van der Waals surface area contributed by atoms with E-state index in [9.17, 15) is 23.7 Å². The van der Waals surface area contributed by atoms with Crippen molar-refractivity contribution >= 4 is 39.1 Å². The highest BCUT2D eigenvalue weighted by Gasteiger charge is 2.14. The molecule has 8 heteroatoms. The van der Waals surface area contributed by atoms with Gasteiger partial charge in [-0.1, -0.05) is 36.4 Å². The summed E-state index contributed by atoms with van der Waals surface area (Å²) in [5.41, 5.74) is 2.47. The predicted octanol–water partition coefficient (Wildman–Crippen LogP) is 5.25. The molecular formula is C23H16N2O5S. The lowest BCUT2D eigenvalue weighted by Crippen LogP contribution is -2.12. The molecule has 1 atom stereocenters. The van der Waals surface area contributed by atoms with Crippen LogP contribution in [0.2, 0.25) is 0 Å². The Morgan fingerprint density at radius 3 is 2.03 bits per heavy atom. The number of rotatable bonds is 5. The second-order valence-electron chi connectivity index (χ2n) is 6.74. The Bertz CT molecular complexity index is 1310. The summed E-state index contributed by atoms with van der Waals surface area (Å²) in [6.07, 6.45) is 0. The Morgan fingerprint density at radius 1 is 0.871 bits per heavy atom. The van der Waals surface area contributed by atoms with Crippen LogP contribution in [0.25, 0.3) is 21.9 Å². The molecule has 0 radical (unpaired) electrons. The van der Waals surface area contributed by atoms with Crippen LogP contribution < -0.4 is 5.32 Å². The van der Waals surface area contributed by atoms with Crippen molar-refractivity contribution < 1.29 is 18.5 Å². The molecule has 0 aliphatic rings. The minimum absolute atomic E-state index is 0.0121.